The molecule has 72 valence electrons. The van der Waals surface area contributed by atoms with Crippen LogP contribution in [0.2, 0.25) is 0 Å². The topological polar surface area (TPSA) is 42.2 Å². The van der Waals surface area contributed by atoms with Crippen LogP contribution in [0.4, 0.5) is 11.4 Å². The quantitative estimate of drug-likeness (QED) is 0.741. The minimum Gasteiger partial charge on any atom is -0.398 e. The summed E-state index contributed by atoms with van der Waals surface area (Å²) in [5.41, 5.74) is 8.72. The van der Waals surface area contributed by atoms with E-state index in [0.717, 1.165) is 22.3 Å². The third-order valence-corrected chi connectivity index (χ3v) is 2.28. The van der Waals surface area contributed by atoms with E-state index >= 15 is 0 Å². The summed E-state index contributed by atoms with van der Waals surface area (Å²) in [6.45, 7) is 0. The highest BCUT2D eigenvalue weighted by molar-refractivity contribution is 5.92. The zero-order chi connectivity index (χ0) is 10.1. The van der Waals surface area contributed by atoms with Gasteiger partial charge < -0.3 is 10.6 Å². The Kier molecular flexibility index (Phi) is 2.00. The Labute approximate surface area is 83.2 Å². The first-order chi connectivity index (χ1) is 6.68. The molecule has 0 unspecified atom stereocenters. The molecule has 3 heteroatoms. The Morgan fingerprint density at radius 3 is 2.71 bits per heavy atom. The van der Waals surface area contributed by atoms with Crippen LogP contribution in [0.1, 0.15) is 0 Å². The summed E-state index contributed by atoms with van der Waals surface area (Å²) in [4.78, 5) is 6.29. The number of rotatable bonds is 1. The monoisotopic (exact) mass is 187 g/mol. The molecule has 1 aromatic carbocycles. The van der Waals surface area contributed by atoms with Gasteiger partial charge >= 0.3 is 0 Å². The summed E-state index contributed by atoms with van der Waals surface area (Å²) in [7, 11) is 4.02. The van der Waals surface area contributed by atoms with Gasteiger partial charge in [-0.05, 0) is 24.3 Å². The van der Waals surface area contributed by atoms with Crippen molar-refractivity contribution in [2.24, 2.45) is 0 Å². The number of benzene rings is 1. The van der Waals surface area contributed by atoms with Crippen LogP contribution in [0.15, 0.2) is 30.5 Å². The number of fused-ring (bicyclic) bond motifs is 1. The van der Waals surface area contributed by atoms with Gasteiger partial charge in [-0.25, -0.2) is 0 Å². The zero-order valence-corrected chi connectivity index (χ0v) is 8.36. The van der Waals surface area contributed by atoms with Crippen molar-refractivity contribution in [3.63, 3.8) is 0 Å². The molecule has 0 aliphatic rings. The van der Waals surface area contributed by atoms with Crippen LogP contribution < -0.4 is 10.6 Å². The van der Waals surface area contributed by atoms with Crippen molar-refractivity contribution in [1.82, 2.24) is 4.98 Å². The minimum atomic E-state index is 0.777. The number of hydrogen-bond acceptors (Lipinski definition) is 3. The Balaban J connectivity index is 2.70. The highest BCUT2D eigenvalue weighted by Gasteiger charge is 2.01. The summed E-state index contributed by atoms with van der Waals surface area (Å²) < 4.78 is 0. The van der Waals surface area contributed by atoms with E-state index in [1.807, 2.05) is 37.2 Å². The molecule has 2 aromatic rings. The maximum absolute atomic E-state index is 5.87. The van der Waals surface area contributed by atoms with E-state index < -0.39 is 0 Å². The van der Waals surface area contributed by atoms with Gasteiger partial charge in [0.15, 0.2) is 0 Å². The first-order valence-corrected chi connectivity index (χ1v) is 4.50. The molecule has 0 bridgehead atoms. The summed E-state index contributed by atoms with van der Waals surface area (Å²) in [5, 5.41) is 1.01. The molecule has 0 aliphatic heterocycles. The second kappa shape index (κ2) is 3.18. The van der Waals surface area contributed by atoms with Gasteiger partial charge in [-0.1, -0.05) is 0 Å². The molecule has 0 saturated heterocycles. The molecule has 0 fully saturated rings. The van der Waals surface area contributed by atoms with E-state index in [4.69, 9.17) is 5.73 Å². The van der Waals surface area contributed by atoms with E-state index in [-0.39, 0.29) is 0 Å². The molecule has 0 aliphatic carbocycles. The predicted molar refractivity (Wildman–Crippen MR) is 60.5 cm³/mol. The standard InChI is InChI=1S/C11H13N3/c1-14(2)8-3-4-11-9(7-8)10(12)5-6-13-11/h3-7H,1-2H3,(H2,12,13). The molecule has 0 radical (unpaired) electrons. The molecule has 2 rings (SSSR count). The van der Waals surface area contributed by atoms with Gasteiger partial charge in [0.2, 0.25) is 0 Å². The molecule has 1 heterocycles. The second-order valence-electron chi connectivity index (χ2n) is 3.50. The van der Waals surface area contributed by atoms with Crippen molar-refractivity contribution >= 4 is 22.3 Å². The van der Waals surface area contributed by atoms with Crippen molar-refractivity contribution in [2.75, 3.05) is 24.7 Å². The highest BCUT2D eigenvalue weighted by atomic mass is 15.1. The lowest BCUT2D eigenvalue weighted by Gasteiger charge is -2.13. The number of pyridine rings is 1. The van der Waals surface area contributed by atoms with Crippen LogP contribution in [0.3, 0.4) is 0 Å². The molecular formula is C11H13N3. The van der Waals surface area contributed by atoms with Gasteiger partial charge in [-0.2, -0.15) is 0 Å². The normalized spacial score (nSPS) is 10.4. The fourth-order valence-electron chi connectivity index (χ4n) is 1.43. The summed E-state index contributed by atoms with van der Waals surface area (Å²) in [5.74, 6) is 0. The number of aromatic nitrogens is 1. The van der Waals surface area contributed by atoms with Crippen molar-refractivity contribution in [2.45, 2.75) is 0 Å². The summed E-state index contributed by atoms with van der Waals surface area (Å²) in [6, 6.07) is 7.90. The number of anilines is 2. The smallest absolute Gasteiger partial charge is 0.0724 e. The second-order valence-corrected chi connectivity index (χ2v) is 3.50. The third-order valence-electron chi connectivity index (χ3n) is 2.28. The maximum atomic E-state index is 5.87. The molecule has 0 saturated carbocycles. The number of nitrogen functional groups attached to an aromatic ring is 1. The lowest BCUT2D eigenvalue weighted by Crippen LogP contribution is -2.08. The molecule has 1 aromatic heterocycles. The molecular weight excluding hydrogens is 174 g/mol. The van der Waals surface area contributed by atoms with Crippen LogP contribution >= 0.6 is 0 Å². The SMILES string of the molecule is CN(C)c1ccc2nccc(N)c2c1. The van der Waals surface area contributed by atoms with Gasteiger partial charge in [-0.15, -0.1) is 0 Å². The van der Waals surface area contributed by atoms with E-state index in [0.29, 0.717) is 0 Å². The number of hydrogen-bond donors (Lipinski definition) is 1. The number of nitrogens with zero attached hydrogens (tertiary/aromatic N) is 2. The third kappa shape index (κ3) is 1.37. The summed E-state index contributed by atoms with van der Waals surface area (Å²) >= 11 is 0. The van der Waals surface area contributed by atoms with E-state index in [1.54, 1.807) is 6.20 Å². The Morgan fingerprint density at radius 1 is 1.21 bits per heavy atom. The van der Waals surface area contributed by atoms with Gasteiger partial charge in [0.1, 0.15) is 0 Å². The van der Waals surface area contributed by atoms with Crippen LogP contribution in [-0.2, 0) is 0 Å². The largest absolute Gasteiger partial charge is 0.398 e. The predicted octanol–water partition coefficient (Wildman–Crippen LogP) is 1.88. The van der Waals surface area contributed by atoms with Gasteiger partial charge in [0.05, 0.1) is 5.52 Å². The molecule has 14 heavy (non-hydrogen) atoms. The van der Waals surface area contributed by atoms with Crippen molar-refractivity contribution in [1.29, 1.82) is 0 Å². The number of nitrogens with two attached hydrogens (primary N) is 1. The van der Waals surface area contributed by atoms with Crippen molar-refractivity contribution in [3.05, 3.63) is 30.5 Å². The molecule has 0 spiro atoms. The average molecular weight is 187 g/mol. The molecule has 0 atom stereocenters. The molecule has 0 amide bonds. The Morgan fingerprint density at radius 2 is 2.00 bits per heavy atom. The van der Waals surface area contributed by atoms with Crippen molar-refractivity contribution in [3.8, 4) is 0 Å². The fourth-order valence-corrected chi connectivity index (χ4v) is 1.43. The lowest BCUT2D eigenvalue weighted by atomic mass is 10.1. The van der Waals surface area contributed by atoms with Crippen LogP contribution in [0.5, 0.6) is 0 Å². The lowest BCUT2D eigenvalue weighted by molar-refractivity contribution is 1.13. The molecule has 3 nitrogen and oxygen atoms in total. The average Bonchev–Trinajstić information content (AvgIpc) is 2.18. The zero-order valence-electron chi connectivity index (χ0n) is 8.36. The summed E-state index contributed by atoms with van der Waals surface area (Å²) in [6.07, 6.45) is 1.73. The maximum Gasteiger partial charge on any atom is 0.0724 e. The van der Waals surface area contributed by atoms with Crippen LogP contribution in [0, 0.1) is 0 Å². The van der Waals surface area contributed by atoms with Crippen molar-refractivity contribution < 1.29 is 0 Å². The van der Waals surface area contributed by atoms with Gasteiger partial charge in [0.25, 0.3) is 0 Å². The highest BCUT2D eigenvalue weighted by Crippen LogP contribution is 2.23. The van der Waals surface area contributed by atoms with Gasteiger partial charge in [0, 0.05) is 37.1 Å². The van der Waals surface area contributed by atoms with E-state index in [2.05, 4.69) is 11.1 Å². The van der Waals surface area contributed by atoms with E-state index in [9.17, 15) is 0 Å². The van der Waals surface area contributed by atoms with Crippen LogP contribution in [-0.4, -0.2) is 19.1 Å². The van der Waals surface area contributed by atoms with Crippen LogP contribution in [0.25, 0.3) is 10.9 Å². The Bertz CT molecular complexity index is 463. The van der Waals surface area contributed by atoms with E-state index in [1.165, 1.54) is 0 Å². The first kappa shape index (κ1) is 8.81. The fraction of sp³-hybridized carbons (Fsp3) is 0.182. The Hall–Kier alpha value is -1.77. The first-order valence-electron chi connectivity index (χ1n) is 4.50. The molecule has 2 N–H and O–H groups in total. The minimum absolute atomic E-state index is 0.777. The van der Waals surface area contributed by atoms with Gasteiger partial charge in [-0.3, -0.25) is 4.98 Å².